The molecule has 0 aromatic heterocycles. The van der Waals surface area contributed by atoms with Gasteiger partial charge in [0.2, 0.25) is 0 Å². The Morgan fingerprint density at radius 2 is 1.76 bits per heavy atom. The van der Waals surface area contributed by atoms with Crippen molar-refractivity contribution in [1.82, 2.24) is 4.90 Å². The summed E-state index contributed by atoms with van der Waals surface area (Å²) in [6.45, 7) is 1.88. The van der Waals surface area contributed by atoms with Crippen molar-refractivity contribution in [3.05, 3.63) is 59.7 Å². The Bertz CT molecular complexity index is 549. The van der Waals surface area contributed by atoms with Crippen LogP contribution < -0.4 is 10.1 Å². The average molecular weight is 284 g/mol. The zero-order valence-corrected chi connectivity index (χ0v) is 13.1. The molecule has 1 N–H and O–H groups in total. The summed E-state index contributed by atoms with van der Waals surface area (Å²) < 4.78 is 5.24. The minimum absolute atomic E-state index is 0.800. The number of hydrogen-bond acceptors (Lipinski definition) is 3. The van der Waals surface area contributed by atoms with Crippen LogP contribution in [0.2, 0.25) is 0 Å². The number of nitrogens with one attached hydrogen (secondary N) is 1. The average Bonchev–Trinajstić information content (AvgIpc) is 2.52. The van der Waals surface area contributed by atoms with Crippen molar-refractivity contribution in [3.8, 4) is 5.75 Å². The molecule has 0 aliphatic heterocycles. The first kappa shape index (κ1) is 15.4. The van der Waals surface area contributed by atoms with E-state index in [4.69, 9.17) is 4.74 Å². The van der Waals surface area contributed by atoms with E-state index in [9.17, 15) is 0 Å². The zero-order valence-electron chi connectivity index (χ0n) is 13.1. The van der Waals surface area contributed by atoms with E-state index < -0.39 is 0 Å². The highest BCUT2D eigenvalue weighted by Crippen LogP contribution is 2.15. The molecule has 0 atom stereocenters. The topological polar surface area (TPSA) is 24.5 Å². The number of ether oxygens (including phenoxy) is 1. The van der Waals surface area contributed by atoms with Gasteiger partial charge >= 0.3 is 0 Å². The Balaban J connectivity index is 1.88. The van der Waals surface area contributed by atoms with Crippen LogP contribution in [-0.2, 0) is 13.0 Å². The fourth-order valence-corrected chi connectivity index (χ4v) is 2.13. The molecule has 0 spiro atoms. The smallest absolute Gasteiger partial charge is 0.119 e. The molecule has 0 aliphatic rings. The maximum Gasteiger partial charge on any atom is 0.119 e. The molecule has 0 aliphatic carbocycles. The Labute approximate surface area is 127 Å². The van der Waals surface area contributed by atoms with Crippen LogP contribution in [0.4, 0.5) is 5.69 Å². The molecule has 2 aromatic rings. The third kappa shape index (κ3) is 5.12. The molecule has 0 fully saturated rings. The molecule has 112 valence electrons. The molecule has 0 saturated carbocycles. The highest BCUT2D eigenvalue weighted by molar-refractivity contribution is 5.45. The summed E-state index contributed by atoms with van der Waals surface area (Å²) in [5.74, 6) is 0.897. The lowest BCUT2D eigenvalue weighted by Crippen LogP contribution is -2.14. The van der Waals surface area contributed by atoms with Gasteiger partial charge in [-0.15, -0.1) is 0 Å². The van der Waals surface area contributed by atoms with Gasteiger partial charge < -0.3 is 15.0 Å². The molecular weight excluding hydrogens is 260 g/mol. The molecule has 2 rings (SSSR count). The van der Waals surface area contributed by atoms with Crippen LogP contribution in [0.5, 0.6) is 5.75 Å². The lowest BCUT2D eigenvalue weighted by molar-refractivity contribution is 0.413. The highest BCUT2D eigenvalue weighted by atomic mass is 16.5. The number of anilines is 1. The van der Waals surface area contributed by atoms with Gasteiger partial charge in [-0.05, 0) is 55.9 Å². The number of likely N-dealkylation sites (N-methyl/N-ethyl adjacent to an activating group) is 1. The minimum atomic E-state index is 0.800. The Kier molecular flexibility index (Phi) is 5.64. The first-order valence-corrected chi connectivity index (χ1v) is 7.28. The lowest BCUT2D eigenvalue weighted by atomic mass is 10.1. The van der Waals surface area contributed by atoms with Crippen molar-refractivity contribution in [3.63, 3.8) is 0 Å². The third-order valence-electron chi connectivity index (χ3n) is 3.43. The van der Waals surface area contributed by atoms with Gasteiger partial charge in [-0.1, -0.05) is 24.3 Å². The molecule has 2 aromatic carbocycles. The summed E-state index contributed by atoms with van der Waals surface area (Å²) in [6.07, 6.45) is 1.09. The van der Waals surface area contributed by atoms with E-state index >= 15 is 0 Å². The molecule has 21 heavy (non-hydrogen) atoms. The Hall–Kier alpha value is -2.00. The van der Waals surface area contributed by atoms with Gasteiger partial charge in [0, 0.05) is 18.8 Å². The van der Waals surface area contributed by atoms with Crippen LogP contribution in [0.3, 0.4) is 0 Å². The second kappa shape index (κ2) is 7.70. The van der Waals surface area contributed by atoms with E-state index in [1.165, 1.54) is 11.1 Å². The summed E-state index contributed by atoms with van der Waals surface area (Å²) in [5.41, 5.74) is 3.73. The quantitative estimate of drug-likeness (QED) is 0.843. The summed E-state index contributed by atoms with van der Waals surface area (Å²) in [7, 11) is 5.90. The summed E-state index contributed by atoms with van der Waals surface area (Å²) >= 11 is 0. The molecule has 3 nitrogen and oxygen atoms in total. The van der Waals surface area contributed by atoms with E-state index in [0.29, 0.717) is 0 Å². The van der Waals surface area contributed by atoms with Gasteiger partial charge in [-0.3, -0.25) is 0 Å². The van der Waals surface area contributed by atoms with Crippen LogP contribution >= 0.6 is 0 Å². The molecule has 0 saturated heterocycles. The summed E-state index contributed by atoms with van der Waals surface area (Å²) in [6, 6.07) is 16.8. The maximum atomic E-state index is 5.24. The second-order valence-corrected chi connectivity index (χ2v) is 5.46. The van der Waals surface area contributed by atoms with Gasteiger partial charge in [-0.2, -0.15) is 0 Å². The first-order valence-electron chi connectivity index (χ1n) is 7.28. The SMILES string of the molecule is COc1cccc(CNc2ccc(CCN(C)C)cc2)c1. The number of benzene rings is 2. The fourth-order valence-electron chi connectivity index (χ4n) is 2.13. The first-order chi connectivity index (χ1) is 10.2. The number of rotatable bonds is 7. The van der Waals surface area contributed by atoms with Crippen molar-refractivity contribution in [2.45, 2.75) is 13.0 Å². The number of nitrogens with zero attached hydrogens (tertiary/aromatic N) is 1. The molecule has 0 heterocycles. The lowest BCUT2D eigenvalue weighted by Gasteiger charge is -2.11. The van der Waals surface area contributed by atoms with Crippen LogP contribution in [0, 0.1) is 0 Å². The van der Waals surface area contributed by atoms with E-state index in [2.05, 4.69) is 60.7 Å². The zero-order chi connectivity index (χ0) is 15.1. The Morgan fingerprint density at radius 3 is 2.43 bits per heavy atom. The maximum absolute atomic E-state index is 5.24. The fraction of sp³-hybridized carbons (Fsp3) is 0.333. The van der Waals surface area contributed by atoms with Crippen molar-refractivity contribution in [2.24, 2.45) is 0 Å². The Morgan fingerprint density at radius 1 is 1.00 bits per heavy atom. The van der Waals surface area contributed by atoms with Gasteiger partial charge in [0.05, 0.1) is 7.11 Å². The van der Waals surface area contributed by atoms with E-state index in [-0.39, 0.29) is 0 Å². The summed E-state index contributed by atoms with van der Waals surface area (Å²) in [5, 5.41) is 3.44. The van der Waals surface area contributed by atoms with Crippen LogP contribution in [0.25, 0.3) is 0 Å². The predicted molar refractivity (Wildman–Crippen MR) is 89.0 cm³/mol. The van der Waals surface area contributed by atoms with Crippen LogP contribution in [-0.4, -0.2) is 32.6 Å². The van der Waals surface area contributed by atoms with Crippen LogP contribution in [0.1, 0.15) is 11.1 Å². The summed E-state index contributed by atoms with van der Waals surface area (Å²) in [4.78, 5) is 2.20. The highest BCUT2D eigenvalue weighted by Gasteiger charge is 1.98. The normalized spacial score (nSPS) is 10.7. The molecular formula is C18H24N2O. The number of methoxy groups -OCH3 is 1. The minimum Gasteiger partial charge on any atom is -0.497 e. The molecule has 0 bridgehead atoms. The van der Waals surface area contributed by atoms with Gasteiger partial charge in [0.1, 0.15) is 5.75 Å². The molecule has 0 unspecified atom stereocenters. The van der Waals surface area contributed by atoms with Gasteiger partial charge in [0.15, 0.2) is 0 Å². The number of hydrogen-bond donors (Lipinski definition) is 1. The predicted octanol–water partition coefficient (Wildman–Crippen LogP) is 3.41. The standard InChI is InChI=1S/C18H24N2O/c1-20(2)12-11-15-7-9-17(10-8-15)19-14-16-5-4-6-18(13-16)21-3/h4-10,13,19H,11-12,14H2,1-3H3. The molecule has 0 radical (unpaired) electrons. The second-order valence-electron chi connectivity index (χ2n) is 5.46. The van der Waals surface area contributed by atoms with Gasteiger partial charge in [0.25, 0.3) is 0 Å². The monoisotopic (exact) mass is 284 g/mol. The van der Waals surface area contributed by atoms with E-state index in [0.717, 1.165) is 30.9 Å². The van der Waals surface area contributed by atoms with E-state index in [1.54, 1.807) is 7.11 Å². The van der Waals surface area contributed by atoms with Crippen molar-refractivity contribution in [2.75, 3.05) is 33.1 Å². The largest absolute Gasteiger partial charge is 0.497 e. The molecule has 3 heteroatoms. The van der Waals surface area contributed by atoms with Crippen molar-refractivity contribution in [1.29, 1.82) is 0 Å². The van der Waals surface area contributed by atoms with Crippen molar-refractivity contribution >= 4 is 5.69 Å². The molecule has 0 amide bonds. The van der Waals surface area contributed by atoms with Gasteiger partial charge in [-0.25, -0.2) is 0 Å². The van der Waals surface area contributed by atoms with Crippen molar-refractivity contribution < 1.29 is 4.74 Å². The van der Waals surface area contributed by atoms with Crippen LogP contribution in [0.15, 0.2) is 48.5 Å². The third-order valence-corrected chi connectivity index (χ3v) is 3.43. The van der Waals surface area contributed by atoms with E-state index in [1.807, 2.05) is 12.1 Å².